The molecule has 25 heavy (non-hydrogen) atoms. The van der Waals surface area contributed by atoms with Crippen molar-refractivity contribution in [2.24, 2.45) is 4.99 Å². The van der Waals surface area contributed by atoms with Gasteiger partial charge in [0.05, 0.1) is 6.54 Å². The second-order valence-corrected chi connectivity index (χ2v) is 7.48. The maximum atomic E-state index is 4.37. The van der Waals surface area contributed by atoms with E-state index in [0.717, 1.165) is 50.1 Å². The van der Waals surface area contributed by atoms with Crippen LogP contribution in [-0.2, 0) is 25.9 Å². The average Bonchev–Trinajstić information content (AvgIpc) is 3.09. The summed E-state index contributed by atoms with van der Waals surface area (Å²) in [5.41, 5.74) is 0. The summed E-state index contributed by atoms with van der Waals surface area (Å²) < 4.78 is 2.30. The molecule has 3 rings (SSSR count). The third kappa shape index (κ3) is 5.67. The Morgan fingerprint density at radius 2 is 2.12 bits per heavy atom. The number of hydrogen-bond acceptors (Lipinski definition) is 4. The molecule has 0 bridgehead atoms. The van der Waals surface area contributed by atoms with Gasteiger partial charge in [-0.15, -0.1) is 45.5 Å². The Bertz CT molecular complexity index is 693. The Morgan fingerprint density at radius 3 is 2.88 bits per heavy atom. The molecule has 0 fully saturated rings. The number of nitrogens with zero attached hydrogens (tertiary/aromatic N) is 4. The van der Waals surface area contributed by atoms with E-state index in [4.69, 9.17) is 0 Å². The molecule has 0 spiro atoms. The molecule has 3 heterocycles. The van der Waals surface area contributed by atoms with Crippen molar-refractivity contribution < 1.29 is 0 Å². The molecule has 1 aliphatic rings. The van der Waals surface area contributed by atoms with Crippen molar-refractivity contribution in [3.05, 3.63) is 33.5 Å². The SMILES string of the molecule is CN=C(NCCc1nnc2n1CCCCC2)NCc1ccc(C)s1.I. The molecule has 2 N–H and O–H groups in total. The highest BCUT2D eigenvalue weighted by Gasteiger charge is 2.14. The number of nitrogens with one attached hydrogen (secondary N) is 2. The van der Waals surface area contributed by atoms with E-state index in [1.807, 2.05) is 11.3 Å². The fourth-order valence-corrected chi connectivity index (χ4v) is 3.82. The second kappa shape index (κ2) is 10.1. The lowest BCUT2D eigenvalue weighted by molar-refractivity contribution is 0.600. The maximum Gasteiger partial charge on any atom is 0.191 e. The zero-order valence-corrected chi connectivity index (χ0v) is 18.1. The van der Waals surface area contributed by atoms with E-state index < -0.39 is 0 Å². The second-order valence-electron chi connectivity index (χ2n) is 6.11. The van der Waals surface area contributed by atoms with Crippen molar-refractivity contribution in [2.75, 3.05) is 13.6 Å². The lowest BCUT2D eigenvalue weighted by Crippen LogP contribution is -2.38. The van der Waals surface area contributed by atoms with E-state index in [0.29, 0.717) is 0 Å². The molecule has 138 valence electrons. The van der Waals surface area contributed by atoms with Crippen LogP contribution >= 0.6 is 35.3 Å². The summed E-state index contributed by atoms with van der Waals surface area (Å²) in [6.07, 6.45) is 5.68. The summed E-state index contributed by atoms with van der Waals surface area (Å²) in [6.45, 7) is 4.80. The van der Waals surface area contributed by atoms with Crippen molar-refractivity contribution in [1.29, 1.82) is 0 Å². The van der Waals surface area contributed by atoms with Gasteiger partial charge in [-0.25, -0.2) is 0 Å². The van der Waals surface area contributed by atoms with Crippen LogP contribution < -0.4 is 10.6 Å². The summed E-state index contributed by atoms with van der Waals surface area (Å²) in [4.78, 5) is 6.94. The molecule has 8 heteroatoms. The third-order valence-electron chi connectivity index (χ3n) is 4.28. The van der Waals surface area contributed by atoms with Crippen molar-refractivity contribution in [3.63, 3.8) is 0 Å². The van der Waals surface area contributed by atoms with Gasteiger partial charge in [-0.05, 0) is 31.9 Å². The van der Waals surface area contributed by atoms with Crippen molar-refractivity contribution in [1.82, 2.24) is 25.4 Å². The monoisotopic (exact) mass is 474 g/mol. The topological polar surface area (TPSA) is 67.1 Å². The first-order valence-corrected chi connectivity index (χ1v) is 9.48. The summed E-state index contributed by atoms with van der Waals surface area (Å²) in [6, 6.07) is 4.31. The Labute approximate surface area is 170 Å². The van der Waals surface area contributed by atoms with Gasteiger partial charge in [0, 0.05) is 42.7 Å². The van der Waals surface area contributed by atoms with Gasteiger partial charge in [0.2, 0.25) is 0 Å². The summed E-state index contributed by atoms with van der Waals surface area (Å²) in [7, 11) is 1.80. The average molecular weight is 474 g/mol. The van der Waals surface area contributed by atoms with Crippen LogP contribution in [0.15, 0.2) is 17.1 Å². The number of hydrogen-bond donors (Lipinski definition) is 2. The molecule has 6 nitrogen and oxygen atoms in total. The number of fused-ring (bicyclic) bond motifs is 1. The van der Waals surface area contributed by atoms with Crippen LogP contribution in [-0.4, -0.2) is 34.3 Å². The lowest BCUT2D eigenvalue weighted by atomic mass is 10.2. The summed E-state index contributed by atoms with van der Waals surface area (Å²) in [5.74, 6) is 3.07. The molecule has 0 unspecified atom stereocenters. The van der Waals surface area contributed by atoms with E-state index in [1.54, 1.807) is 7.05 Å². The molecule has 2 aromatic heterocycles. The number of aryl methyl sites for hydroxylation is 2. The highest BCUT2D eigenvalue weighted by atomic mass is 127. The smallest absolute Gasteiger partial charge is 0.191 e. The van der Waals surface area contributed by atoms with Crippen LogP contribution in [0.2, 0.25) is 0 Å². The van der Waals surface area contributed by atoms with Crippen LogP contribution in [0.25, 0.3) is 0 Å². The molecule has 0 aromatic carbocycles. The molecule has 1 aliphatic heterocycles. The van der Waals surface area contributed by atoms with Gasteiger partial charge in [0.1, 0.15) is 11.6 Å². The number of aliphatic imine (C=N–C) groups is 1. The standard InChI is InChI=1S/C17H26N6S.HI/c1-13-7-8-14(24-13)12-20-17(18-2)19-10-9-16-22-21-15-6-4-3-5-11-23(15)16;/h7-8H,3-6,9-12H2,1-2H3,(H2,18,19,20);1H. The van der Waals surface area contributed by atoms with Gasteiger partial charge < -0.3 is 15.2 Å². The first kappa shape index (κ1) is 20.2. The van der Waals surface area contributed by atoms with Gasteiger partial charge >= 0.3 is 0 Å². The fourth-order valence-electron chi connectivity index (χ4n) is 2.99. The van der Waals surface area contributed by atoms with Crippen molar-refractivity contribution in [3.8, 4) is 0 Å². The Hall–Kier alpha value is -1.16. The first-order chi connectivity index (χ1) is 11.8. The van der Waals surface area contributed by atoms with Crippen LogP contribution in [0.4, 0.5) is 0 Å². The largest absolute Gasteiger partial charge is 0.356 e. The molecule has 0 radical (unpaired) electrons. The molecule has 0 atom stereocenters. The van der Waals surface area contributed by atoms with E-state index in [-0.39, 0.29) is 24.0 Å². The Morgan fingerprint density at radius 1 is 1.24 bits per heavy atom. The van der Waals surface area contributed by atoms with Gasteiger partial charge in [-0.2, -0.15) is 0 Å². The number of guanidine groups is 1. The molecule has 0 saturated carbocycles. The zero-order chi connectivity index (χ0) is 16.8. The predicted octanol–water partition coefficient (Wildman–Crippen LogP) is 2.90. The Kier molecular flexibility index (Phi) is 8.14. The predicted molar refractivity (Wildman–Crippen MR) is 114 cm³/mol. The van der Waals surface area contributed by atoms with Crippen molar-refractivity contribution >= 4 is 41.3 Å². The van der Waals surface area contributed by atoms with Gasteiger partial charge in [-0.3, -0.25) is 4.99 Å². The first-order valence-electron chi connectivity index (χ1n) is 8.67. The lowest BCUT2D eigenvalue weighted by Gasteiger charge is -2.11. The minimum atomic E-state index is 0. The van der Waals surface area contributed by atoms with E-state index in [1.165, 1.54) is 29.0 Å². The fraction of sp³-hybridized carbons (Fsp3) is 0.588. The molecule has 0 amide bonds. The van der Waals surface area contributed by atoms with Crippen molar-refractivity contribution in [2.45, 2.75) is 52.1 Å². The highest BCUT2D eigenvalue weighted by molar-refractivity contribution is 14.0. The number of aromatic nitrogens is 3. The molecule has 0 saturated heterocycles. The number of rotatable bonds is 5. The molecule has 2 aromatic rings. The maximum absolute atomic E-state index is 4.37. The summed E-state index contributed by atoms with van der Waals surface area (Å²) in [5, 5.41) is 15.5. The molecular formula is C17H27IN6S. The van der Waals surface area contributed by atoms with E-state index >= 15 is 0 Å². The highest BCUT2D eigenvalue weighted by Crippen LogP contribution is 2.15. The molecular weight excluding hydrogens is 447 g/mol. The van der Waals surface area contributed by atoms with Gasteiger partial charge in [0.25, 0.3) is 0 Å². The van der Waals surface area contributed by atoms with E-state index in [2.05, 4.69) is 49.4 Å². The van der Waals surface area contributed by atoms with E-state index in [9.17, 15) is 0 Å². The van der Waals surface area contributed by atoms with Crippen LogP contribution in [0.1, 0.15) is 40.7 Å². The van der Waals surface area contributed by atoms with Crippen LogP contribution in [0, 0.1) is 6.92 Å². The molecule has 0 aliphatic carbocycles. The normalized spacial score (nSPS) is 14.4. The van der Waals surface area contributed by atoms with Crippen LogP contribution in [0.3, 0.4) is 0 Å². The Balaban J connectivity index is 0.00000225. The minimum absolute atomic E-state index is 0. The summed E-state index contributed by atoms with van der Waals surface area (Å²) >= 11 is 1.81. The van der Waals surface area contributed by atoms with Gasteiger partial charge in [-0.1, -0.05) is 6.42 Å². The third-order valence-corrected chi connectivity index (χ3v) is 5.28. The quantitative estimate of drug-likeness (QED) is 0.398. The van der Waals surface area contributed by atoms with Gasteiger partial charge in [0.15, 0.2) is 5.96 Å². The minimum Gasteiger partial charge on any atom is -0.356 e. The zero-order valence-electron chi connectivity index (χ0n) is 14.9. The van der Waals surface area contributed by atoms with Crippen LogP contribution in [0.5, 0.6) is 0 Å². The number of thiophene rings is 1. The number of halogens is 1.